The molecule has 0 aromatic heterocycles. The molecule has 2 aromatic carbocycles. The largest absolute Gasteiger partial charge is 0.399 e. The van der Waals surface area contributed by atoms with E-state index in [4.69, 9.17) is 11.5 Å². The first kappa shape index (κ1) is 16.0. The molecule has 22 heavy (non-hydrogen) atoms. The minimum absolute atomic E-state index is 0.802. The predicted molar refractivity (Wildman–Crippen MR) is 97.6 cm³/mol. The van der Waals surface area contributed by atoms with Gasteiger partial charge >= 0.3 is 0 Å². The summed E-state index contributed by atoms with van der Waals surface area (Å²) in [6, 6.07) is 12.0. The zero-order valence-corrected chi connectivity index (χ0v) is 13.7. The average Bonchev–Trinajstić information content (AvgIpc) is 2.46. The lowest BCUT2D eigenvalue weighted by Crippen LogP contribution is -2.29. The number of nitrogen functional groups attached to an aromatic ring is 2. The van der Waals surface area contributed by atoms with Crippen LogP contribution in [0, 0.1) is 13.8 Å². The third-order valence-corrected chi connectivity index (χ3v) is 3.89. The molecular weight excluding hydrogens is 272 g/mol. The lowest BCUT2D eigenvalue weighted by atomic mass is 10.1. The lowest BCUT2D eigenvalue weighted by molar-refractivity contribution is 0.831. The standard InChI is InChI=1S/C18H26N4/c1-4-22(18-8-6-16(20)12-14(18)3)10-9-21-17-7-5-15(19)11-13(17)2/h5-8,11-12,21H,4,9-10,19-20H2,1-3H3. The molecule has 0 heterocycles. The fourth-order valence-corrected chi connectivity index (χ4v) is 2.69. The third kappa shape index (κ3) is 3.85. The zero-order valence-electron chi connectivity index (χ0n) is 13.7. The Balaban J connectivity index is 1.99. The highest BCUT2D eigenvalue weighted by molar-refractivity contribution is 5.60. The van der Waals surface area contributed by atoms with E-state index in [-0.39, 0.29) is 0 Å². The number of hydrogen-bond acceptors (Lipinski definition) is 4. The zero-order chi connectivity index (χ0) is 16.1. The third-order valence-electron chi connectivity index (χ3n) is 3.89. The summed E-state index contributed by atoms with van der Waals surface area (Å²) >= 11 is 0. The van der Waals surface area contributed by atoms with Gasteiger partial charge < -0.3 is 21.7 Å². The number of nitrogens with two attached hydrogens (primary N) is 2. The van der Waals surface area contributed by atoms with E-state index in [9.17, 15) is 0 Å². The highest BCUT2D eigenvalue weighted by atomic mass is 15.1. The Morgan fingerprint density at radius 1 is 0.955 bits per heavy atom. The number of anilines is 4. The molecule has 4 heteroatoms. The molecule has 0 saturated carbocycles. The van der Waals surface area contributed by atoms with Gasteiger partial charge in [0, 0.05) is 42.4 Å². The summed E-state index contributed by atoms with van der Waals surface area (Å²) in [4.78, 5) is 2.36. The molecule has 0 aliphatic carbocycles. The first-order valence-corrected chi connectivity index (χ1v) is 7.72. The van der Waals surface area contributed by atoms with Gasteiger partial charge in [-0.1, -0.05) is 0 Å². The molecule has 118 valence electrons. The minimum atomic E-state index is 0.802. The van der Waals surface area contributed by atoms with Crippen molar-refractivity contribution in [3.05, 3.63) is 47.5 Å². The smallest absolute Gasteiger partial charge is 0.0397 e. The van der Waals surface area contributed by atoms with E-state index >= 15 is 0 Å². The van der Waals surface area contributed by atoms with Crippen molar-refractivity contribution in [2.45, 2.75) is 20.8 Å². The van der Waals surface area contributed by atoms with Crippen LogP contribution >= 0.6 is 0 Å². The molecular formula is C18H26N4. The number of hydrogen-bond donors (Lipinski definition) is 3. The van der Waals surface area contributed by atoms with E-state index < -0.39 is 0 Å². The van der Waals surface area contributed by atoms with Crippen LogP contribution in [0.4, 0.5) is 22.7 Å². The van der Waals surface area contributed by atoms with Gasteiger partial charge in [0.25, 0.3) is 0 Å². The Morgan fingerprint density at radius 2 is 1.59 bits per heavy atom. The van der Waals surface area contributed by atoms with Gasteiger partial charge in [-0.25, -0.2) is 0 Å². The van der Waals surface area contributed by atoms with Crippen LogP contribution < -0.4 is 21.7 Å². The van der Waals surface area contributed by atoms with Crippen LogP contribution in [-0.4, -0.2) is 19.6 Å². The molecule has 0 amide bonds. The number of rotatable bonds is 6. The Bertz CT molecular complexity index is 637. The van der Waals surface area contributed by atoms with Crippen molar-refractivity contribution in [3.63, 3.8) is 0 Å². The van der Waals surface area contributed by atoms with Gasteiger partial charge in [-0.2, -0.15) is 0 Å². The van der Waals surface area contributed by atoms with Crippen molar-refractivity contribution in [3.8, 4) is 0 Å². The predicted octanol–water partition coefficient (Wildman–Crippen LogP) is 3.41. The van der Waals surface area contributed by atoms with Crippen LogP contribution in [0.5, 0.6) is 0 Å². The van der Waals surface area contributed by atoms with Gasteiger partial charge in [-0.3, -0.25) is 0 Å². The minimum Gasteiger partial charge on any atom is -0.399 e. The van der Waals surface area contributed by atoms with Crippen molar-refractivity contribution in [1.82, 2.24) is 0 Å². The monoisotopic (exact) mass is 298 g/mol. The van der Waals surface area contributed by atoms with Gasteiger partial charge in [0.1, 0.15) is 0 Å². The number of nitrogens with zero attached hydrogens (tertiary/aromatic N) is 1. The molecule has 4 nitrogen and oxygen atoms in total. The highest BCUT2D eigenvalue weighted by Crippen LogP contribution is 2.22. The quantitative estimate of drug-likeness (QED) is 0.715. The van der Waals surface area contributed by atoms with Crippen molar-refractivity contribution < 1.29 is 0 Å². The normalized spacial score (nSPS) is 10.5. The summed E-state index contributed by atoms with van der Waals surface area (Å²) in [5, 5.41) is 3.48. The summed E-state index contributed by atoms with van der Waals surface area (Å²) in [6.45, 7) is 9.12. The van der Waals surface area contributed by atoms with Crippen molar-refractivity contribution >= 4 is 22.7 Å². The second-order valence-electron chi connectivity index (χ2n) is 5.63. The van der Waals surface area contributed by atoms with E-state index in [0.29, 0.717) is 0 Å². The maximum Gasteiger partial charge on any atom is 0.0397 e. The number of nitrogens with one attached hydrogen (secondary N) is 1. The van der Waals surface area contributed by atoms with Gasteiger partial charge in [-0.15, -0.1) is 0 Å². The second kappa shape index (κ2) is 7.07. The summed E-state index contributed by atoms with van der Waals surface area (Å²) < 4.78 is 0. The van der Waals surface area contributed by atoms with E-state index in [1.165, 1.54) is 16.8 Å². The number of aryl methyl sites for hydroxylation is 2. The molecule has 0 unspecified atom stereocenters. The summed E-state index contributed by atoms with van der Waals surface area (Å²) in [6.07, 6.45) is 0. The molecule has 5 N–H and O–H groups in total. The summed E-state index contributed by atoms with van der Waals surface area (Å²) in [7, 11) is 0. The molecule has 0 fully saturated rings. The molecule has 0 aliphatic heterocycles. The number of likely N-dealkylation sites (N-methyl/N-ethyl adjacent to an activating group) is 1. The highest BCUT2D eigenvalue weighted by Gasteiger charge is 2.07. The van der Waals surface area contributed by atoms with Crippen LogP contribution in [0.1, 0.15) is 18.1 Å². The van der Waals surface area contributed by atoms with Crippen LogP contribution in [0.15, 0.2) is 36.4 Å². The van der Waals surface area contributed by atoms with Gasteiger partial charge in [0.05, 0.1) is 0 Å². The van der Waals surface area contributed by atoms with Crippen LogP contribution in [-0.2, 0) is 0 Å². The van der Waals surface area contributed by atoms with Crippen LogP contribution in [0.3, 0.4) is 0 Å². The summed E-state index contributed by atoms with van der Waals surface area (Å²) in [5.41, 5.74) is 18.0. The van der Waals surface area contributed by atoms with Gasteiger partial charge in [-0.05, 0) is 68.3 Å². The SMILES string of the molecule is CCN(CCNc1ccc(N)cc1C)c1ccc(N)cc1C. The van der Waals surface area contributed by atoms with Crippen LogP contribution in [0.25, 0.3) is 0 Å². The second-order valence-corrected chi connectivity index (χ2v) is 5.63. The molecule has 2 rings (SSSR count). The van der Waals surface area contributed by atoms with Crippen LogP contribution in [0.2, 0.25) is 0 Å². The Kier molecular flexibility index (Phi) is 5.15. The van der Waals surface area contributed by atoms with E-state index in [0.717, 1.165) is 36.7 Å². The topological polar surface area (TPSA) is 67.3 Å². The first-order valence-electron chi connectivity index (χ1n) is 7.72. The van der Waals surface area contributed by atoms with Gasteiger partial charge in [0.2, 0.25) is 0 Å². The molecule has 0 saturated heterocycles. The molecule has 0 bridgehead atoms. The fourth-order valence-electron chi connectivity index (χ4n) is 2.69. The Morgan fingerprint density at radius 3 is 2.18 bits per heavy atom. The van der Waals surface area contributed by atoms with E-state index in [1.54, 1.807) is 0 Å². The van der Waals surface area contributed by atoms with Crippen molar-refractivity contribution in [2.24, 2.45) is 0 Å². The van der Waals surface area contributed by atoms with Gasteiger partial charge in [0.15, 0.2) is 0 Å². The van der Waals surface area contributed by atoms with E-state index in [1.807, 2.05) is 30.3 Å². The van der Waals surface area contributed by atoms with Crippen molar-refractivity contribution in [1.29, 1.82) is 0 Å². The van der Waals surface area contributed by atoms with E-state index in [2.05, 4.69) is 37.1 Å². The Labute approximate surface area is 133 Å². The number of benzene rings is 2. The summed E-state index contributed by atoms with van der Waals surface area (Å²) in [5.74, 6) is 0. The fraction of sp³-hybridized carbons (Fsp3) is 0.333. The maximum atomic E-state index is 5.83. The maximum absolute atomic E-state index is 5.83. The molecule has 0 radical (unpaired) electrons. The average molecular weight is 298 g/mol. The molecule has 0 aliphatic rings. The molecule has 0 spiro atoms. The Hall–Kier alpha value is -2.36. The first-order chi connectivity index (χ1) is 10.5. The molecule has 0 atom stereocenters. The lowest BCUT2D eigenvalue weighted by Gasteiger charge is -2.25. The van der Waals surface area contributed by atoms with Crippen molar-refractivity contribution in [2.75, 3.05) is 41.3 Å². The molecule has 2 aromatic rings.